The second-order valence-electron chi connectivity index (χ2n) is 36.8. The van der Waals surface area contributed by atoms with Crippen LogP contribution in [0.15, 0.2) is 461 Å². The molecule has 0 fully saturated rings. The Morgan fingerprint density at radius 3 is 0.709 bits per heavy atom. The number of hydrogen-bond acceptors (Lipinski definition) is 6. The van der Waals surface area contributed by atoms with Crippen LogP contribution in [-0.4, -0.2) is 0 Å². The van der Waals surface area contributed by atoms with E-state index in [-0.39, 0.29) is 23.0 Å². The highest BCUT2D eigenvalue weighted by molar-refractivity contribution is 6.30. The van der Waals surface area contributed by atoms with Crippen LogP contribution in [0.4, 0.5) is 106 Å². The standard InChI is InChI=1S/C68H44F2N4.C66H38F4N4/c1-43-12-10-18-61(69)67(43)73(57-38-52(46-14-6-4-7-15-46)36-54(40-57)48-22-20-45(42-71)21-23-48)63-34-28-50-27-33-60-64(35-29-51-26-32-59(63)65(50)66(51)60)74(68-44(2)13-11-19-62(68)70)58-39-53(47-16-8-5-9-17-47)37-55(41-58)49-24-30-56(72-3)31-25-49;1-72-54-24-16-45(17-25-54)51-33-49(43-10-6-3-7-11-43)35-56(37-51)74(64-39-53(68)23-29-60(64)70)62-31-21-47-18-26-57-61(30-20-46-19-27-58(62)66(47)65(46)57)73(63-38-52(67)22-28-59(63)69)55-34-48(42-8-4-2-5-9-42)32-50(36-55)44-14-12-41(40-71)13-15-44/h4-41H,1-2H3;2-39H. The molecule has 0 amide bonds. The van der Waals surface area contributed by atoms with Gasteiger partial charge in [0.05, 0.1) is 81.9 Å². The Hall–Kier alpha value is -19.9. The average Bonchev–Trinajstić information content (AvgIpc) is 0.717. The molecule has 8 nitrogen and oxygen atoms in total. The van der Waals surface area contributed by atoms with Gasteiger partial charge in [-0.25, -0.2) is 36.0 Å². The van der Waals surface area contributed by atoms with Crippen LogP contribution < -0.4 is 19.6 Å². The maximum Gasteiger partial charge on any atom is 0.187 e. The van der Waals surface area contributed by atoms with Crippen molar-refractivity contribution in [3.05, 3.63) is 541 Å². The van der Waals surface area contributed by atoms with E-state index in [9.17, 15) is 10.5 Å². The fraction of sp³-hybridized carbons (Fsp3) is 0.0149. The lowest BCUT2D eigenvalue weighted by atomic mass is 9.91. The first-order valence-electron chi connectivity index (χ1n) is 48.3. The number of hydrogen-bond donors (Lipinski definition) is 0. The third kappa shape index (κ3) is 17.3. The van der Waals surface area contributed by atoms with Gasteiger partial charge in [0.2, 0.25) is 0 Å². The minimum Gasteiger partial charge on any atom is -0.307 e. The van der Waals surface area contributed by atoms with Gasteiger partial charge in [-0.2, -0.15) is 10.5 Å². The Kier molecular flexibility index (Phi) is 24.1. The highest BCUT2D eigenvalue weighted by Crippen LogP contribution is 2.55. The summed E-state index contributed by atoms with van der Waals surface area (Å²) in [5.41, 5.74) is 24.1. The molecule has 0 N–H and O–H groups in total. The molecule has 24 aromatic carbocycles. The van der Waals surface area contributed by atoms with E-state index < -0.39 is 23.3 Å². The minimum absolute atomic E-state index is 0.00985. The smallest absolute Gasteiger partial charge is 0.187 e. The summed E-state index contributed by atoms with van der Waals surface area (Å²) >= 11 is 0. The Balaban J connectivity index is 0.000000163. The lowest BCUT2D eigenvalue weighted by Gasteiger charge is -2.31. The highest BCUT2D eigenvalue weighted by Gasteiger charge is 2.32. The molecule has 24 aromatic rings. The molecule has 14 heteroatoms. The van der Waals surface area contributed by atoms with Crippen molar-refractivity contribution in [3.8, 4) is 101 Å². The van der Waals surface area contributed by atoms with Crippen LogP contribution in [0.3, 0.4) is 0 Å². The lowest BCUT2D eigenvalue weighted by molar-refractivity contribution is 0.601. The van der Waals surface area contributed by atoms with Gasteiger partial charge in [-0.3, -0.25) is 0 Å². The molecule has 0 aromatic heterocycles. The summed E-state index contributed by atoms with van der Waals surface area (Å²) in [6.45, 7) is 19.0. The molecule has 148 heavy (non-hydrogen) atoms. The molecule has 24 rings (SSSR count). The van der Waals surface area contributed by atoms with Gasteiger partial charge in [0.25, 0.3) is 0 Å². The maximum atomic E-state index is 16.9. The third-order valence-corrected chi connectivity index (χ3v) is 27.8. The quantitative estimate of drug-likeness (QED) is 0.0430. The van der Waals surface area contributed by atoms with Gasteiger partial charge in [-0.15, -0.1) is 0 Å². The monoisotopic (exact) mass is 1920 g/mol. The molecule has 0 heterocycles. The van der Waals surface area contributed by atoms with Crippen molar-refractivity contribution in [2.45, 2.75) is 13.8 Å². The second kappa shape index (κ2) is 38.8. The van der Waals surface area contributed by atoms with E-state index in [1.807, 2.05) is 286 Å². The van der Waals surface area contributed by atoms with Gasteiger partial charge in [0, 0.05) is 56.4 Å². The first-order chi connectivity index (χ1) is 72.4. The Morgan fingerprint density at radius 2 is 0.453 bits per heavy atom. The topological polar surface area (TPSA) is 69.3 Å². The largest absolute Gasteiger partial charge is 0.307 e. The number of rotatable bonds is 20. The summed E-state index contributed by atoms with van der Waals surface area (Å²) in [7, 11) is 0. The molecule has 0 unspecified atom stereocenters. The normalized spacial score (nSPS) is 11.2. The number of nitriles is 2. The van der Waals surface area contributed by atoms with Crippen molar-refractivity contribution < 1.29 is 26.3 Å². The molecule has 0 spiro atoms. The molecule has 0 saturated heterocycles. The molecular weight excluding hydrogens is 1840 g/mol. The van der Waals surface area contributed by atoms with Crippen LogP contribution >= 0.6 is 0 Å². The van der Waals surface area contributed by atoms with Crippen molar-refractivity contribution in [2.75, 3.05) is 19.6 Å². The summed E-state index contributed by atoms with van der Waals surface area (Å²) < 4.78 is 98.3. The zero-order valence-corrected chi connectivity index (χ0v) is 79.7. The van der Waals surface area contributed by atoms with Crippen LogP contribution in [0.2, 0.25) is 0 Å². The van der Waals surface area contributed by atoms with Crippen molar-refractivity contribution in [2.24, 2.45) is 0 Å². The highest BCUT2D eigenvalue weighted by atomic mass is 19.1. The number of para-hydroxylation sites is 2. The Bertz CT molecular complexity index is 8910. The predicted octanol–water partition coefficient (Wildman–Crippen LogP) is 38.7. The summed E-state index contributed by atoms with van der Waals surface area (Å²) in [4.78, 5) is 14.8. The molecular formula is C134H82F6N8. The summed E-state index contributed by atoms with van der Waals surface area (Å²) in [5, 5.41) is 30.0. The molecule has 0 aliphatic heterocycles. The van der Waals surface area contributed by atoms with E-state index in [0.29, 0.717) is 56.6 Å². The van der Waals surface area contributed by atoms with E-state index in [0.717, 1.165) is 212 Å². The molecule has 0 atom stereocenters. The molecule has 0 radical (unpaired) electrons. The fourth-order valence-electron chi connectivity index (χ4n) is 20.8. The van der Waals surface area contributed by atoms with Crippen LogP contribution in [0.25, 0.3) is 163 Å². The Morgan fingerprint density at radius 1 is 0.209 bits per heavy atom. The first kappa shape index (κ1) is 91.8. The SMILES string of the molecule is [C-]#[N+]c1ccc(-c2cc(-c3ccccc3)cc(N(c3c(C)cccc3F)c3ccc4ccc5c(N(c6cc(-c7ccccc7)cc(-c7ccc(C#N)cc7)c6)c6c(C)cccc6F)ccc6ccc3c4c65)c2)cc1.[C-]#[N+]c1ccc(-c2cc(-c3ccccc3)cc(N(c3cc(F)ccc3F)c3ccc4ccc5c(N(c6cc(-c7ccccc7)cc(-c7ccc(C#N)cc7)c6)c6cc(F)ccc6F)ccc6ccc3c4c65)c2)cc1. The van der Waals surface area contributed by atoms with Gasteiger partial charge in [-0.05, 0) is 315 Å². The maximum absolute atomic E-state index is 16.9. The molecule has 0 bridgehead atoms. The van der Waals surface area contributed by atoms with Crippen molar-refractivity contribution in [1.29, 1.82) is 10.5 Å². The third-order valence-electron chi connectivity index (χ3n) is 27.8. The van der Waals surface area contributed by atoms with Crippen LogP contribution in [0, 0.1) is 84.6 Å². The van der Waals surface area contributed by atoms with Gasteiger partial charge >= 0.3 is 0 Å². The predicted molar refractivity (Wildman–Crippen MR) is 594 cm³/mol. The van der Waals surface area contributed by atoms with Gasteiger partial charge in [0.1, 0.15) is 34.9 Å². The zero-order valence-electron chi connectivity index (χ0n) is 79.7. The van der Waals surface area contributed by atoms with Crippen LogP contribution in [0.1, 0.15) is 22.3 Å². The van der Waals surface area contributed by atoms with Crippen LogP contribution in [0.5, 0.6) is 0 Å². The molecule has 0 aliphatic rings. The van der Waals surface area contributed by atoms with Gasteiger partial charge in [-0.1, -0.05) is 291 Å². The van der Waals surface area contributed by atoms with Crippen molar-refractivity contribution >= 4 is 144 Å². The molecule has 0 saturated carbocycles. The van der Waals surface area contributed by atoms with E-state index in [2.05, 4.69) is 136 Å². The van der Waals surface area contributed by atoms with Crippen molar-refractivity contribution in [3.63, 3.8) is 0 Å². The number of aryl methyl sites for hydroxylation is 2. The van der Waals surface area contributed by atoms with E-state index in [4.69, 9.17) is 13.1 Å². The van der Waals surface area contributed by atoms with E-state index in [1.54, 1.807) is 46.2 Å². The number of anilines is 12. The average molecular weight is 1920 g/mol. The minimum atomic E-state index is -0.642. The fourth-order valence-corrected chi connectivity index (χ4v) is 20.8. The van der Waals surface area contributed by atoms with Gasteiger partial charge < -0.3 is 19.6 Å². The zero-order chi connectivity index (χ0) is 101. The molecule has 700 valence electrons. The summed E-state index contributed by atoms with van der Waals surface area (Å²) in [6.07, 6.45) is 0. The lowest BCUT2D eigenvalue weighted by Crippen LogP contribution is -2.15. The number of halogens is 6. The van der Waals surface area contributed by atoms with E-state index in [1.165, 1.54) is 24.3 Å². The second-order valence-corrected chi connectivity index (χ2v) is 36.8. The Labute approximate surface area is 851 Å². The van der Waals surface area contributed by atoms with Gasteiger partial charge in [0.15, 0.2) is 11.4 Å². The first-order valence-corrected chi connectivity index (χ1v) is 48.3. The summed E-state index contributed by atoms with van der Waals surface area (Å²) in [6, 6.07) is 149. The summed E-state index contributed by atoms with van der Waals surface area (Å²) in [5.74, 6) is -3.25. The molecule has 0 aliphatic carbocycles. The number of nitrogens with zero attached hydrogens (tertiary/aromatic N) is 8. The van der Waals surface area contributed by atoms with E-state index >= 15 is 26.3 Å². The van der Waals surface area contributed by atoms with Crippen molar-refractivity contribution in [1.82, 2.24) is 0 Å². The number of benzene rings is 24. The van der Waals surface area contributed by atoms with Crippen LogP contribution in [-0.2, 0) is 0 Å².